The van der Waals surface area contributed by atoms with Gasteiger partial charge in [0.05, 0.1) is 12.2 Å². The molecule has 6 rings (SSSR count). The molecular formula is C26H32N6OS. The van der Waals surface area contributed by atoms with E-state index in [1.165, 1.54) is 38.3 Å². The number of carbonyl (C=O) groups excluding carboxylic acids is 1. The Bertz CT molecular complexity index is 1440. The quantitative estimate of drug-likeness (QED) is 0.438. The van der Waals surface area contributed by atoms with Crippen LogP contribution in [0.2, 0.25) is 0 Å². The van der Waals surface area contributed by atoms with Crippen molar-refractivity contribution in [3.63, 3.8) is 0 Å². The molecule has 1 amide bonds. The number of rotatable bonds is 5. The Labute approximate surface area is 203 Å². The van der Waals surface area contributed by atoms with Gasteiger partial charge in [0.15, 0.2) is 5.65 Å². The average molecular weight is 477 g/mol. The number of amides is 1. The van der Waals surface area contributed by atoms with E-state index in [2.05, 4.69) is 59.9 Å². The Morgan fingerprint density at radius 2 is 2.09 bits per heavy atom. The minimum atomic E-state index is -0.215. The van der Waals surface area contributed by atoms with Crippen LogP contribution in [-0.4, -0.2) is 49.5 Å². The summed E-state index contributed by atoms with van der Waals surface area (Å²) in [5.74, 6) is 2.17. The molecule has 0 aromatic carbocycles. The van der Waals surface area contributed by atoms with Crippen molar-refractivity contribution in [3.8, 4) is 11.3 Å². The van der Waals surface area contributed by atoms with Gasteiger partial charge in [-0.15, -0.1) is 11.3 Å². The number of aryl methyl sites for hydroxylation is 3. The molecule has 1 aliphatic heterocycles. The van der Waals surface area contributed by atoms with E-state index in [0.717, 1.165) is 35.6 Å². The number of aromatic amines is 1. The fraction of sp³-hybridized carbons (Fsp3) is 0.500. The van der Waals surface area contributed by atoms with Crippen molar-refractivity contribution >= 4 is 33.1 Å². The highest BCUT2D eigenvalue weighted by atomic mass is 32.1. The molecule has 3 N–H and O–H groups in total. The van der Waals surface area contributed by atoms with Gasteiger partial charge in [-0.3, -0.25) is 9.69 Å². The standard InChI is InChI=1S/C26H32N6OS/c1-12(2)21-22-14(4)24(19-8-18-7-16(19)9-31(18)11-20(27)33)34-26(22)29-23(21)17-6-13(3)25-28-15(5)30-32(25)10-17/h6,10,12,16,18-19,29H,7-9,11H2,1-5H3,(H2,27,33)/t16-,18-,19+/m0/s1. The fourth-order valence-corrected chi connectivity index (χ4v) is 7.99. The van der Waals surface area contributed by atoms with Crippen LogP contribution in [0.3, 0.4) is 0 Å². The molecule has 2 aliphatic rings. The van der Waals surface area contributed by atoms with Crippen LogP contribution in [0.5, 0.6) is 0 Å². The van der Waals surface area contributed by atoms with Crippen LogP contribution in [0.4, 0.5) is 0 Å². The molecule has 2 bridgehead atoms. The number of thiophene rings is 1. The Morgan fingerprint density at radius 3 is 2.76 bits per heavy atom. The predicted molar refractivity (Wildman–Crippen MR) is 136 cm³/mol. The molecule has 4 aromatic rings. The summed E-state index contributed by atoms with van der Waals surface area (Å²) in [7, 11) is 0. The number of nitrogens with one attached hydrogen (secondary N) is 1. The molecule has 1 aliphatic carbocycles. The van der Waals surface area contributed by atoms with E-state index in [-0.39, 0.29) is 5.91 Å². The van der Waals surface area contributed by atoms with Crippen LogP contribution in [0, 0.1) is 26.7 Å². The summed E-state index contributed by atoms with van der Waals surface area (Å²) in [5, 5.41) is 5.96. The van der Waals surface area contributed by atoms with Crippen LogP contribution in [0.25, 0.3) is 27.1 Å². The summed E-state index contributed by atoms with van der Waals surface area (Å²) in [6.45, 7) is 12.3. The monoisotopic (exact) mass is 476 g/mol. The molecule has 2 fully saturated rings. The number of hydrogen-bond acceptors (Lipinski definition) is 5. The summed E-state index contributed by atoms with van der Waals surface area (Å²) in [6.07, 6.45) is 4.42. The number of H-pyrrole nitrogens is 1. The Morgan fingerprint density at radius 1 is 1.29 bits per heavy atom. The maximum atomic E-state index is 11.4. The number of hydrogen-bond donors (Lipinski definition) is 2. The summed E-state index contributed by atoms with van der Waals surface area (Å²) in [4.78, 5) is 24.9. The lowest BCUT2D eigenvalue weighted by Gasteiger charge is -2.30. The molecule has 1 saturated heterocycles. The van der Waals surface area contributed by atoms with Gasteiger partial charge in [-0.2, -0.15) is 5.10 Å². The van der Waals surface area contributed by atoms with E-state index >= 15 is 0 Å². The first-order chi connectivity index (χ1) is 16.2. The van der Waals surface area contributed by atoms with E-state index in [9.17, 15) is 4.79 Å². The lowest BCUT2D eigenvalue weighted by molar-refractivity contribution is -0.119. The van der Waals surface area contributed by atoms with Gasteiger partial charge in [0, 0.05) is 34.6 Å². The first-order valence-corrected chi connectivity index (χ1v) is 13.0. The van der Waals surface area contributed by atoms with Crippen LogP contribution < -0.4 is 5.73 Å². The van der Waals surface area contributed by atoms with Crippen molar-refractivity contribution in [1.29, 1.82) is 0 Å². The predicted octanol–water partition coefficient (Wildman–Crippen LogP) is 4.65. The molecule has 4 aromatic heterocycles. The molecule has 7 nitrogen and oxygen atoms in total. The van der Waals surface area contributed by atoms with Crippen LogP contribution in [0.15, 0.2) is 12.3 Å². The number of nitrogens with zero attached hydrogens (tertiary/aromatic N) is 4. The molecule has 178 valence electrons. The number of nitrogens with two attached hydrogens (primary N) is 1. The van der Waals surface area contributed by atoms with Crippen LogP contribution in [-0.2, 0) is 4.79 Å². The van der Waals surface area contributed by atoms with Gasteiger partial charge in [0.1, 0.15) is 10.7 Å². The summed E-state index contributed by atoms with van der Waals surface area (Å²) >= 11 is 1.93. The molecule has 1 saturated carbocycles. The maximum absolute atomic E-state index is 11.4. The third-order valence-electron chi connectivity index (χ3n) is 7.90. The van der Waals surface area contributed by atoms with Gasteiger partial charge >= 0.3 is 0 Å². The Hall–Kier alpha value is -2.71. The Kier molecular flexibility index (Phi) is 4.90. The lowest BCUT2D eigenvalue weighted by Crippen LogP contribution is -2.40. The van der Waals surface area contributed by atoms with E-state index < -0.39 is 0 Å². The minimum Gasteiger partial charge on any atom is -0.369 e. The number of pyridine rings is 1. The second kappa shape index (κ2) is 7.65. The van der Waals surface area contributed by atoms with E-state index in [0.29, 0.717) is 30.3 Å². The third kappa shape index (κ3) is 3.22. The molecule has 8 heteroatoms. The highest BCUT2D eigenvalue weighted by molar-refractivity contribution is 7.19. The number of aromatic nitrogens is 4. The second-order valence-electron chi connectivity index (χ2n) is 10.6. The summed E-state index contributed by atoms with van der Waals surface area (Å²) in [6, 6.07) is 2.72. The van der Waals surface area contributed by atoms with Crippen LogP contribution in [0.1, 0.15) is 65.9 Å². The van der Waals surface area contributed by atoms with Gasteiger partial charge < -0.3 is 10.7 Å². The summed E-state index contributed by atoms with van der Waals surface area (Å²) in [5.41, 5.74) is 12.7. The number of likely N-dealkylation sites (tertiary alicyclic amines) is 1. The van der Waals surface area contributed by atoms with Gasteiger partial charge in [-0.1, -0.05) is 13.8 Å². The number of carbonyl (C=O) groups is 1. The van der Waals surface area contributed by atoms with Crippen molar-refractivity contribution in [3.05, 3.63) is 39.7 Å². The highest BCUT2D eigenvalue weighted by Gasteiger charge is 2.46. The third-order valence-corrected chi connectivity index (χ3v) is 9.24. The molecular weight excluding hydrogens is 444 g/mol. The first-order valence-electron chi connectivity index (χ1n) is 12.2. The first kappa shape index (κ1) is 21.8. The van der Waals surface area contributed by atoms with E-state index in [4.69, 9.17) is 5.73 Å². The SMILES string of the molecule is Cc1nc2c(C)cc(-c3[nH]c4sc([C@@H]5C[C@@H]6C[C@H]5CN6CC(N)=O)c(C)c4c3C(C)C)cn2n1. The van der Waals surface area contributed by atoms with E-state index in [1.54, 1.807) is 0 Å². The van der Waals surface area contributed by atoms with Gasteiger partial charge in [0.25, 0.3) is 0 Å². The number of piperidine rings is 1. The molecule has 0 radical (unpaired) electrons. The minimum absolute atomic E-state index is 0.215. The summed E-state index contributed by atoms with van der Waals surface area (Å²) < 4.78 is 1.91. The molecule has 3 atom stereocenters. The topological polar surface area (TPSA) is 92.3 Å². The Balaban J connectivity index is 1.41. The van der Waals surface area contributed by atoms with Crippen molar-refractivity contribution in [2.24, 2.45) is 11.7 Å². The van der Waals surface area contributed by atoms with Gasteiger partial charge in [-0.25, -0.2) is 9.50 Å². The van der Waals surface area contributed by atoms with Gasteiger partial charge in [-0.05, 0) is 74.1 Å². The average Bonchev–Trinajstić information content (AvgIpc) is 3.53. The highest BCUT2D eigenvalue weighted by Crippen LogP contribution is 2.52. The number of fused-ring (bicyclic) bond motifs is 4. The second-order valence-corrected chi connectivity index (χ2v) is 11.6. The zero-order valence-electron chi connectivity index (χ0n) is 20.5. The van der Waals surface area contributed by atoms with Crippen molar-refractivity contribution in [1.82, 2.24) is 24.5 Å². The lowest BCUT2D eigenvalue weighted by atomic mass is 9.89. The zero-order chi connectivity index (χ0) is 23.9. The smallest absolute Gasteiger partial charge is 0.231 e. The largest absolute Gasteiger partial charge is 0.369 e. The van der Waals surface area contributed by atoms with Crippen LogP contribution >= 0.6 is 11.3 Å². The molecule has 5 heterocycles. The molecule has 0 spiro atoms. The number of primary amides is 1. The van der Waals surface area contributed by atoms with Gasteiger partial charge in [0.2, 0.25) is 5.91 Å². The fourth-order valence-electron chi connectivity index (χ4n) is 6.56. The maximum Gasteiger partial charge on any atom is 0.231 e. The van der Waals surface area contributed by atoms with Crippen molar-refractivity contribution in [2.75, 3.05) is 13.1 Å². The molecule has 0 unspecified atom stereocenters. The van der Waals surface area contributed by atoms with Crippen molar-refractivity contribution in [2.45, 2.75) is 65.3 Å². The van der Waals surface area contributed by atoms with E-state index in [1.807, 2.05) is 22.8 Å². The zero-order valence-corrected chi connectivity index (χ0v) is 21.3. The van der Waals surface area contributed by atoms with Crippen molar-refractivity contribution < 1.29 is 4.79 Å². The normalized spacial score (nSPS) is 22.7. The molecule has 34 heavy (non-hydrogen) atoms.